The van der Waals surface area contributed by atoms with Crippen molar-refractivity contribution < 1.29 is 0 Å². The van der Waals surface area contributed by atoms with Gasteiger partial charge in [0.1, 0.15) is 6.07 Å². The van der Waals surface area contributed by atoms with Crippen molar-refractivity contribution in [1.82, 2.24) is 0 Å². The highest BCUT2D eigenvalue weighted by Gasteiger charge is 2.22. The number of piperidine rings is 1. The molecule has 0 spiro atoms. The number of para-hydroxylation sites is 1. The van der Waals surface area contributed by atoms with E-state index in [0.29, 0.717) is 12.6 Å². The molecule has 0 bridgehead atoms. The van der Waals surface area contributed by atoms with E-state index in [9.17, 15) is 0 Å². The normalized spacial score (nSPS) is 20.5. The standard InChI is InChI=1S/C13H17N3/c14-9-11-5-1-2-7-13(11)16-8-4-3-6-12(16)10-15/h1-2,5,7,12H,3-4,6,8,10,15H2. The van der Waals surface area contributed by atoms with Crippen LogP contribution in [-0.4, -0.2) is 19.1 Å². The van der Waals surface area contributed by atoms with E-state index < -0.39 is 0 Å². The first-order valence-corrected chi connectivity index (χ1v) is 5.82. The van der Waals surface area contributed by atoms with E-state index in [0.717, 1.165) is 24.2 Å². The average molecular weight is 215 g/mol. The van der Waals surface area contributed by atoms with Crippen LogP contribution < -0.4 is 10.6 Å². The molecular formula is C13H17N3. The van der Waals surface area contributed by atoms with Gasteiger partial charge in [-0.15, -0.1) is 0 Å². The number of hydrogen-bond acceptors (Lipinski definition) is 3. The molecule has 1 aromatic rings. The predicted octanol–water partition coefficient (Wildman–Crippen LogP) is 1.88. The summed E-state index contributed by atoms with van der Waals surface area (Å²) in [7, 11) is 0. The number of nitrogens with two attached hydrogens (primary N) is 1. The van der Waals surface area contributed by atoms with Gasteiger partial charge in [0.15, 0.2) is 0 Å². The van der Waals surface area contributed by atoms with Gasteiger partial charge in [0.05, 0.1) is 11.3 Å². The lowest BCUT2D eigenvalue weighted by molar-refractivity contribution is 0.465. The zero-order valence-corrected chi connectivity index (χ0v) is 9.39. The van der Waals surface area contributed by atoms with Crippen LogP contribution in [0.15, 0.2) is 24.3 Å². The molecule has 2 rings (SSSR count). The second-order valence-electron chi connectivity index (χ2n) is 4.21. The Kier molecular flexibility index (Phi) is 3.43. The molecule has 1 unspecified atom stereocenters. The van der Waals surface area contributed by atoms with Crippen molar-refractivity contribution in [2.24, 2.45) is 5.73 Å². The molecular weight excluding hydrogens is 198 g/mol. The lowest BCUT2D eigenvalue weighted by Gasteiger charge is -2.37. The van der Waals surface area contributed by atoms with Gasteiger partial charge in [0.25, 0.3) is 0 Å². The molecule has 1 aromatic carbocycles. The SMILES string of the molecule is N#Cc1ccccc1N1CCCCC1CN. The van der Waals surface area contributed by atoms with Crippen LogP contribution >= 0.6 is 0 Å². The maximum absolute atomic E-state index is 9.10. The van der Waals surface area contributed by atoms with Crippen LogP contribution in [0.1, 0.15) is 24.8 Å². The number of rotatable bonds is 2. The number of anilines is 1. The van der Waals surface area contributed by atoms with Gasteiger partial charge in [-0.1, -0.05) is 12.1 Å². The Labute approximate surface area is 96.5 Å². The first kappa shape index (κ1) is 11.0. The topological polar surface area (TPSA) is 53.0 Å². The monoisotopic (exact) mass is 215 g/mol. The lowest BCUT2D eigenvalue weighted by Crippen LogP contribution is -2.44. The van der Waals surface area contributed by atoms with Crippen LogP contribution in [-0.2, 0) is 0 Å². The van der Waals surface area contributed by atoms with Crippen molar-refractivity contribution in [3.05, 3.63) is 29.8 Å². The second kappa shape index (κ2) is 5.00. The summed E-state index contributed by atoms with van der Waals surface area (Å²) in [6.45, 7) is 1.68. The van der Waals surface area contributed by atoms with E-state index in [-0.39, 0.29) is 0 Å². The smallest absolute Gasteiger partial charge is 0.101 e. The van der Waals surface area contributed by atoms with Crippen LogP contribution in [0.5, 0.6) is 0 Å². The molecule has 0 aromatic heterocycles. The van der Waals surface area contributed by atoms with Gasteiger partial charge in [-0.2, -0.15) is 5.26 Å². The molecule has 2 N–H and O–H groups in total. The number of nitriles is 1. The summed E-state index contributed by atoms with van der Waals surface area (Å²) in [5.74, 6) is 0. The Bertz CT molecular complexity index is 394. The van der Waals surface area contributed by atoms with E-state index in [1.165, 1.54) is 12.8 Å². The lowest BCUT2D eigenvalue weighted by atomic mass is 10.00. The fourth-order valence-corrected chi connectivity index (χ4v) is 2.38. The molecule has 0 amide bonds. The Morgan fingerprint density at radius 2 is 2.19 bits per heavy atom. The van der Waals surface area contributed by atoms with Crippen molar-refractivity contribution in [1.29, 1.82) is 5.26 Å². The molecule has 16 heavy (non-hydrogen) atoms. The fraction of sp³-hybridized carbons (Fsp3) is 0.462. The first-order valence-electron chi connectivity index (χ1n) is 5.82. The minimum atomic E-state index is 0.392. The summed E-state index contributed by atoms with van der Waals surface area (Å²) in [6.07, 6.45) is 3.57. The van der Waals surface area contributed by atoms with Crippen molar-refractivity contribution in [2.75, 3.05) is 18.0 Å². The van der Waals surface area contributed by atoms with Crippen LogP contribution in [0, 0.1) is 11.3 Å². The van der Waals surface area contributed by atoms with Crippen molar-refractivity contribution in [2.45, 2.75) is 25.3 Å². The molecule has 1 fully saturated rings. The number of hydrogen-bond donors (Lipinski definition) is 1. The third kappa shape index (κ3) is 2.02. The van der Waals surface area contributed by atoms with Gasteiger partial charge in [0.2, 0.25) is 0 Å². The summed E-state index contributed by atoms with van der Waals surface area (Å²) >= 11 is 0. The van der Waals surface area contributed by atoms with Gasteiger partial charge in [-0.05, 0) is 31.4 Å². The molecule has 1 saturated heterocycles. The molecule has 0 saturated carbocycles. The first-order chi connectivity index (χ1) is 7.86. The van der Waals surface area contributed by atoms with Gasteiger partial charge >= 0.3 is 0 Å². The molecule has 84 valence electrons. The number of nitrogens with zero attached hydrogens (tertiary/aromatic N) is 2. The summed E-state index contributed by atoms with van der Waals surface area (Å²) in [4.78, 5) is 2.29. The summed E-state index contributed by atoms with van der Waals surface area (Å²) in [6, 6.07) is 10.4. The maximum Gasteiger partial charge on any atom is 0.101 e. The maximum atomic E-state index is 9.10. The predicted molar refractivity (Wildman–Crippen MR) is 65.2 cm³/mol. The van der Waals surface area contributed by atoms with Crippen LogP contribution in [0.2, 0.25) is 0 Å². The fourth-order valence-electron chi connectivity index (χ4n) is 2.38. The minimum Gasteiger partial charge on any atom is -0.366 e. The Morgan fingerprint density at radius 3 is 2.94 bits per heavy atom. The van der Waals surface area contributed by atoms with Crippen molar-refractivity contribution in [3.8, 4) is 6.07 Å². The second-order valence-corrected chi connectivity index (χ2v) is 4.21. The molecule has 1 heterocycles. The average Bonchev–Trinajstić information content (AvgIpc) is 2.38. The Morgan fingerprint density at radius 1 is 1.38 bits per heavy atom. The van der Waals surface area contributed by atoms with Crippen molar-refractivity contribution in [3.63, 3.8) is 0 Å². The molecule has 0 radical (unpaired) electrons. The van der Waals surface area contributed by atoms with Crippen LogP contribution in [0.3, 0.4) is 0 Å². The van der Waals surface area contributed by atoms with Gasteiger partial charge < -0.3 is 10.6 Å². The highest BCUT2D eigenvalue weighted by atomic mass is 15.2. The largest absolute Gasteiger partial charge is 0.366 e. The zero-order chi connectivity index (χ0) is 11.4. The summed E-state index contributed by atoms with van der Waals surface area (Å²) < 4.78 is 0. The van der Waals surface area contributed by atoms with E-state index in [1.54, 1.807) is 0 Å². The van der Waals surface area contributed by atoms with E-state index in [1.807, 2.05) is 24.3 Å². The summed E-state index contributed by atoms with van der Waals surface area (Å²) in [5.41, 5.74) is 7.59. The van der Waals surface area contributed by atoms with E-state index >= 15 is 0 Å². The molecule has 3 nitrogen and oxygen atoms in total. The Hall–Kier alpha value is -1.53. The highest BCUT2D eigenvalue weighted by molar-refractivity contribution is 5.60. The molecule has 1 aliphatic rings. The van der Waals surface area contributed by atoms with Crippen LogP contribution in [0.25, 0.3) is 0 Å². The zero-order valence-electron chi connectivity index (χ0n) is 9.39. The van der Waals surface area contributed by atoms with Gasteiger partial charge in [-0.25, -0.2) is 0 Å². The van der Waals surface area contributed by atoms with E-state index in [4.69, 9.17) is 11.0 Å². The third-order valence-electron chi connectivity index (χ3n) is 3.23. The minimum absolute atomic E-state index is 0.392. The molecule has 1 atom stereocenters. The Balaban J connectivity index is 2.31. The van der Waals surface area contributed by atoms with Crippen LogP contribution in [0.4, 0.5) is 5.69 Å². The molecule has 0 aliphatic carbocycles. The molecule has 1 aliphatic heterocycles. The van der Waals surface area contributed by atoms with E-state index in [2.05, 4.69) is 11.0 Å². The quantitative estimate of drug-likeness (QED) is 0.819. The third-order valence-corrected chi connectivity index (χ3v) is 3.23. The highest BCUT2D eigenvalue weighted by Crippen LogP contribution is 2.26. The number of benzene rings is 1. The summed E-state index contributed by atoms with van der Waals surface area (Å²) in [5, 5.41) is 9.10. The van der Waals surface area contributed by atoms with Gasteiger partial charge in [0, 0.05) is 19.1 Å². The van der Waals surface area contributed by atoms with Crippen molar-refractivity contribution >= 4 is 5.69 Å². The van der Waals surface area contributed by atoms with Gasteiger partial charge in [-0.3, -0.25) is 0 Å². The molecule has 3 heteroatoms.